The summed E-state index contributed by atoms with van der Waals surface area (Å²) in [5.74, 6) is -0.756. The normalized spacial score (nSPS) is 13.1. The van der Waals surface area contributed by atoms with Crippen LogP contribution in [0.15, 0.2) is 18.2 Å². The molecule has 0 saturated carbocycles. The van der Waals surface area contributed by atoms with Gasteiger partial charge in [-0.05, 0) is 30.2 Å². The number of aliphatic hydroxyl groups is 1. The predicted octanol–water partition coefficient (Wildman–Crippen LogP) is 2.13. The summed E-state index contributed by atoms with van der Waals surface area (Å²) in [6, 6.07) is 1.38. The SMILES string of the molecule is Cl.NC(CO)Cc1cc(F)ccc1C(F)(F)F. The molecule has 0 spiro atoms. The maximum absolute atomic E-state index is 12.8. The molecule has 1 aromatic carbocycles. The molecule has 0 fully saturated rings. The van der Waals surface area contributed by atoms with Gasteiger partial charge < -0.3 is 10.8 Å². The molecule has 1 aromatic rings. The highest BCUT2D eigenvalue weighted by atomic mass is 35.5. The Labute approximate surface area is 102 Å². The van der Waals surface area contributed by atoms with Crippen LogP contribution in [-0.4, -0.2) is 17.8 Å². The maximum atomic E-state index is 12.8. The second kappa shape index (κ2) is 6.18. The van der Waals surface area contributed by atoms with Gasteiger partial charge in [-0.2, -0.15) is 13.2 Å². The molecule has 0 bridgehead atoms. The highest BCUT2D eigenvalue weighted by Gasteiger charge is 2.33. The number of nitrogens with two attached hydrogens (primary N) is 1. The van der Waals surface area contributed by atoms with Gasteiger partial charge in [-0.25, -0.2) is 4.39 Å². The molecule has 0 aliphatic carbocycles. The van der Waals surface area contributed by atoms with E-state index in [-0.39, 0.29) is 24.4 Å². The fraction of sp³-hybridized carbons (Fsp3) is 0.400. The minimum Gasteiger partial charge on any atom is -0.395 e. The van der Waals surface area contributed by atoms with Crippen molar-refractivity contribution in [2.75, 3.05) is 6.61 Å². The highest BCUT2D eigenvalue weighted by Crippen LogP contribution is 2.32. The molecule has 0 aliphatic heterocycles. The zero-order chi connectivity index (χ0) is 12.3. The molecule has 1 atom stereocenters. The Bertz CT molecular complexity index is 370. The van der Waals surface area contributed by atoms with E-state index in [2.05, 4.69) is 0 Å². The Hall–Kier alpha value is -0.850. The van der Waals surface area contributed by atoms with Gasteiger partial charge in [0.1, 0.15) is 5.82 Å². The highest BCUT2D eigenvalue weighted by molar-refractivity contribution is 5.85. The van der Waals surface area contributed by atoms with Crippen LogP contribution in [0.25, 0.3) is 0 Å². The molecule has 17 heavy (non-hydrogen) atoms. The molecule has 1 unspecified atom stereocenters. The van der Waals surface area contributed by atoms with Gasteiger partial charge in [-0.15, -0.1) is 12.4 Å². The molecular formula is C10H12ClF4NO. The zero-order valence-corrected chi connectivity index (χ0v) is 9.48. The van der Waals surface area contributed by atoms with Gasteiger partial charge >= 0.3 is 6.18 Å². The predicted molar refractivity (Wildman–Crippen MR) is 57.4 cm³/mol. The summed E-state index contributed by atoms with van der Waals surface area (Å²) < 4.78 is 50.3. The minimum atomic E-state index is -4.54. The van der Waals surface area contributed by atoms with Crippen molar-refractivity contribution in [1.29, 1.82) is 0 Å². The van der Waals surface area contributed by atoms with Crippen molar-refractivity contribution in [2.45, 2.75) is 18.6 Å². The van der Waals surface area contributed by atoms with E-state index >= 15 is 0 Å². The van der Waals surface area contributed by atoms with Crippen molar-refractivity contribution >= 4 is 12.4 Å². The van der Waals surface area contributed by atoms with Crippen molar-refractivity contribution in [1.82, 2.24) is 0 Å². The first kappa shape index (κ1) is 16.1. The number of benzene rings is 1. The lowest BCUT2D eigenvalue weighted by atomic mass is 10.0. The first-order valence-electron chi connectivity index (χ1n) is 4.56. The van der Waals surface area contributed by atoms with Crippen molar-refractivity contribution in [3.05, 3.63) is 35.1 Å². The van der Waals surface area contributed by atoms with Gasteiger partial charge in [0.25, 0.3) is 0 Å². The van der Waals surface area contributed by atoms with E-state index in [0.717, 1.165) is 12.1 Å². The number of hydrogen-bond donors (Lipinski definition) is 2. The Balaban J connectivity index is 0.00000256. The van der Waals surface area contributed by atoms with Crippen LogP contribution in [0.1, 0.15) is 11.1 Å². The number of halogens is 5. The van der Waals surface area contributed by atoms with Crippen LogP contribution in [0.4, 0.5) is 17.6 Å². The van der Waals surface area contributed by atoms with Crippen LogP contribution in [0.5, 0.6) is 0 Å². The van der Waals surface area contributed by atoms with Crippen LogP contribution >= 0.6 is 12.4 Å². The van der Waals surface area contributed by atoms with Crippen LogP contribution < -0.4 is 5.73 Å². The van der Waals surface area contributed by atoms with Crippen LogP contribution in [0.3, 0.4) is 0 Å². The molecule has 0 aliphatic rings. The van der Waals surface area contributed by atoms with E-state index in [1.807, 2.05) is 0 Å². The van der Waals surface area contributed by atoms with E-state index in [1.54, 1.807) is 0 Å². The van der Waals surface area contributed by atoms with Crippen molar-refractivity contribution in [3.63, 3.8) is 0 Å². The molecule has 0 aromatic heterocycles. The molecule has 1 rings (SSSR count). The second-order valence-corrected chi connectivity index (χ2v) is 3.45. The lowest BCUT2D eigenvalue weighted by Gasteiger charge is -2.15. The van der Waals surface area contributed by atoms with E-state index in [1.165, 1.54) is 0 Å². The van der Waals surface area contributed by atoms with Crippen LogP contribution in [0.2, 0.25) is 0 Å². The van der Waals surface area contributed by atoms with E-state index < -0.39 is 30.2 Å². The molecule has 3 N–H and O–H groups in total. The molecule has 7 heteroatoms. The third kappa shape index (κ3) is 4.49. The molecule has 98 valence electrons. The van der Waals surface area contributed by atoms with Gasteiger partial charge in [-0.3, -0.25) is 0 Å². The van der Waals surface area contributed by atoms with E-state index in [0.29, 0.717) is 6.07 Å². The third-order valence-corrected chi connectivity index (χ3v) is 2.09. The first-order valence-corrected chi connectivity index (χ1v) is 4.56. The topological polar surface area (TPSA) is 46.2 Å². The molecule has 0 amide bonds. The maximum Gasteiger partial charge on any atom is 0.416 e. The standard InChI is InChI=1S/C10H11F4NO.ClH/c11-7-1-2-9(10(12,13)14)6(3-7)4-8(15)5-16;/h1-3,8,16H,4-5,15H2;1H. The average Bonchev–Trinajstić information content (AvgIpc) is 2.15. The number of alkyl halides is 3. The van der Waals surface area contributed by atoms with Crippen LogP contribution in [-0.2, 0) is 12.6 Å². The second-order valence-electron chi connectivity index (χ2n) is 3.45. The molecule has 2 nitrogen and oxygen atoms in total. The van der Waals surface area contributed by atoms with Crippen molar-refractivity contribution in [2.24, 2.45) is 5.73 Å². The summed E-state index contributed by atoms with van der Waals surface area (Å²) in [5.41, 5.74) is 4.17. The summed E-state index contributed by atoms with van der Waals surface area (Å²) in [6.45, 7) is -0.451. The monoisotopic (exact) mass is 273 g/mol. The average molecular weight is 274 g/mol. The van der Waals surface area contributed by atoms with Crippen LogP contribution in [0, 0.1) is 5.82 Å². The Morgan fingerprint density at radius 1 is 1.29 bits per heavy atom. The van der Waals surface area contributed by atoms with Crippen molar-refractivity contribution < 1.29 is 22.7 Å². The number of hydrogen-bond acceptors (Lipinski definition) is 2. The zero-order valence-electron chi connectivity index (χ0n) is 8.67. The van der Waals surface area contributed by atoms with Gasteiger partial charge in [0.05, 0.1) is 12.2 Å². The lowest BCUT2D eigenvalue weighted by Crippen LogP contribution is -2.28. The fourth-order valence-corrected chi connectivity index (χ4v) is 1.35. The third-order valence-electron chi connectivity index (χ3n) is 2.09. The summed E-state index contributed by atoms with van der Waals surface area (Å²) in [6.07, 6.45) is -4.76. The van der Waals surface area contributed by atoms with Crippen molar-refractivity contribution in [3.8, 4) is 0 Å². The summed E-state index contributed by atoms with van der Waals surface area (Å²) in [5, 5.41) is 8.66. The van der Waals surface area contributed by atoms with E-state index in [4.69, 9.17) is 10.8 Å². The number of aliphatic hydroxyl groups excluding tert-OH is 1. The first-order chi connectivity index (χ1) is 7.34. The Kier molecular flexibility index (Phi) is 5.87. The smallest absolute Gasteiger partial charge is 0.395 e. The molecule has 0 saturated heterocycles. The largest absolute Gasteiger partial charge is 0.416 e. The summed E-state index contributed by atoms with van der Waals surface area (Å²) >= 11 is 0. The minimum absolute atomic E-state index is 0. The van der Waals surface area contributed by atoms with Gasteiger partial charge in [-0.1, -0.05) is 0 Å². The van der Waals surface area contributed by atoms with Gasteiger partial charge in [0.2, 0.25) is 0 Å². The Morgan fingerprint density at radius 2 is 1.88 bits per heavy atom. The quantitative estimate of drug-likeness (QED) is 0.829. The molecular weight excluding hydrogens is 262 g/mol. The fourth-order valence-electron chi connectivity index (χ4n) is 1.35. The van der Waals surface area contributed by atoms with Gasteiger partial charge in [0, 0.05) is 6.04 Å². The molecule has 0 radical (unpaired) electrons. The lowest BCUT2D eigenvalue weighted by molar-refractivity contribution is -0.138. The van der Waals surface area contributed by atoms with Gasteiger partial charge in [0.15, 0.2) is 0 Å². The Morgan fingerprint density at radius 3 is 2.35 bits per heavy atom. The molecule has 0 heterocycles. The summed E-state index contributed by atoms with van der Waals surface area (Å²) in [4.78, 5) is 0. The van der Waals surface area contributed by atoms with E-state index in [9.17, 15) is 17.6 Å². The summed E-state index contributed by atoms with van der Waals surface area (Å²) in [7, 11) is 0. The number of rotatable bonds is 3.